The molecule has 0 saturated heterocycles. The van der Waals surface area contributed by atoms with Gasteiger partial charge in [-0.15, -0.1) is 0 Å². The molecule has 17 heavy (non-hydrogen) atoms. The normalized spacial score (nSPS) is 10.6. The van der Waals surface area contributed by atoms with Crippen LogP contribution in [0, 0.1) is 0 Å². The van der Waals surface area contributed by atoms with E-state index in [0.29, 0.717) is 5.39 Å². The fourth-order valence-electron chi connectivity index (χ4n) is 1.91. The molecule has 0 bridgehead atoms. The second-order valence-corrected chi connectivity index (χ2v) is 3.78. The van der Waals surface area contributed by atoms with E-state index in [2.05, 4.69) is 4.98 Å². The number of rotatable bonds is 1. The number of aromatic nitrogens is 2. The van der Waals surface area contributed by atoms with Crippen LogP contribution in [-0.2, 0) is 0 Å². The van der Waals surface area contributed by atoms with Gasteiger partial charge < -0.3 is 4.57 Å². The summed E-state index contributed by atoms with van der Waals surface area (Å²) < 4.78 is 1.98. The van der Waals surface area contributed by atoms with Gasteiger partial charge in [0.1, 0.15) is 0 Å². The third-order valence-corrected chi connectivity index (χ3v) is 2.73. The average molecular weight is 222 g/mol. The summed E-state index contributed by atoms with van der Waals surface area (Å²) in [6.45, 7) is 0. The van der Waals surface area contributed by atoms with Crippen molar-refractivity contribution >= 4 is 10.9 Å². The molecule has 0 aliphatic rings. The van der Waals surface area contributed by atoms with Gasteiger partial charge in [-0.25, -0.2) is 0 Å². The zero-order chi connectivity index (χ0) is 11.7. The lowest BCUT2D eigenvalue weighted by atomic mass is 10.2. The molecule has 3 nitrogen and oxygen atoms in total. The molecule has 0 unspecified atom stereocenters. The first kappa shape index (κ1) is 9.78. The summed E-state index contributed by atoms with van der Waals surface area (Å²) in [7, 11) is 0. The molecule has 0 atom stereocenters. The van der Waals surface area contributed by atoms with E-state index in [1.165, 1.54) is 0 Å². The zero-order valence-corrected chi connectivity index (χ0v) is 9.08. The van der Waals surface area contributed by atoms with Crippen molar-refractivity contribution in [1.82, 2.24) is 9.55 Å². The molecule has 82 valence electrons. The van der Waals surface area contributed by atoms with Crippen LogP contribution in [0.4, 0.5) is 0 Å². The summed E-state index contributed by atoms with van der Waals surface area (Å²) in [5.74, 6) is 0. The second kappa shape index (κ2) is 3.87. The van der Waals surface area contributed by atoms with Crippen LogP contribution in [0.15, 0.2) is 65.8 Å². The van der Waals surface area contributed by atoms with Crippen LogP contribution < -0.4 is 5.43 Å². The van der Waals surface area contributed by atoms with Gasteiger partial charge in [0.05, 0.1) is 10.9 Å². The average Bonchev–Trinajstić information content (AvgIpc) is 2.41. The molecule has 0 aliphatic heterocycles. The Kier molecular flexibility index (Phi) is 2.22. The molecule has 0 saturated carbocycles. The molecule has 3 heteroatoms. The first-order valence-electron chi connectivity index (χ1n) is 5.37. The summed E-state index contributed by atoms with van der Waals surface area (Å²) in [5, 5.41) is 0.638. The molecule has 1 aromatic carbocycles. The Hall–Kier alpha value is -2.42. The third kappa shape index (κ3) is 1.61. The Labute approximate surface area is 98.0 Å². The maximum absolute atomic E-state index is 11.7. The smallest absolute Gasteiger partial charge is 0.190 e. The summed E-state index contributed by atoms with van der Waals surface area (Å²) in [4.78, 5) is 15.7. The van der Waals surface area contributed by atoms with Gasteiger partial charge in [0, 0.05) is 30.3 Å². The van der Waals surface area contributed by atoms with Crippen LogP contribution >= 0.6 is 0 Å². The van der Waals surface area contributed by atoms with Crippen LogP contribution in [-0.4, -0.2) is 9.55 Å². The van der Waals surface area contributed by atoms with Gasteiger partial charge in [0.25, 0.3) is 0 Å². The SMILES string of the molecule is O=c1ccn(-c2ccccc2)c2ccncc12. The Balaban J connectivity index is 2.39. The molecular formula is C14H10N2O. The largest absolute Gasteiger partial charge is 0.316 e. The summed E-state index contributed by atoms with van der Waals surface area (Å²) in [6, 6.07) is 13.3. The van der Waals surface area contributed by atoms with Crippen LogP contribution in [0.2, 0.25) is 0 Å². The summed E-state index contributed by atoms with van der Waals surface area (Å²) in [5.41, 5.74) is 1.91. The highest BCUT2D eigenvalue weighted by molar-refractivity contribution is 5.79. The van der Waals surface area contributed by atoms with Crippen molar-refractivity contribution in [1.29, 1.82) is 0 Å². The molecule has 3 rings (SSSR count). The van der Waals surface area contributed by atoms with E-state index in [0.717, 1.165) is 11.2 Å². The van der Waals surface area contributed by atoms with Crippen molar-refractivity contribution in [3.8, 4) is 5.69 Å². The van der Waals surface area contributed by atoms with E-state index in [9.17, 15) is 4.79 Å². The topological polar surface area (TPSA) is 34.9 Å². The molecule has 0 aliphatic carbocycles. The standard InChI is InChI=1S/C14H10N2O/c17-14-7-9-16(11-4-2-1-3-5-11)13-6-8-15-10-12(13)14/h1-10H. The number of pyridine rings is 2. The molecule has 3 aromatic rings. The summed E-state index contributed by atoms with van der Waals surface area (Å²) in [6.07, 6.45) is 5.10. The van der Waals surface area contributed by atoms with Crippen LogP contribution in [0.3, 0.4) is 0 Å². The monoisotopic (exact) mass is 222 g/mol. The quantitative estimate of drug-likeness (QED) is 0.633. The van der Waals surface area contributed by atoms with Gasteiger partial charge in [0.2, 0.25) is 0 Å². The highest BCUT2D eigenvalue weighted by atomic mass is 16.1. The van der Waals surface area contributed by atoms with Gasteiger partial charge in [-0.2, -0.15) is 0 Å². The number of fused-ring (bicyclic) bond motifs is 1. The van der Waals surface area contributed by atoms with Crippen molar-refractivity contribution in [3.63, 3.8) is 0 Å². The van der Waals surface area contributed by atoms with Gasteiger partial charge >= 0.3 is 0 Å². The number of para-hydroxylation sites is 1. The maximum atomic E-state index is 11.7. The fourth-order valence-corrected chi connectivity index (χ4v) is 1.91. The Morgan fingerprint density at radius 1 is 1.00 bits per heavy atom. The fraction of sp³-hybridized carbons (Fsp3) is 0. The minimum Gasteiger partial charge on any atom is -0.316 e. The van der Waals surface area contributed by atoms with E-state index in [1.807, 2.05) is 41.0 Å². The van der Waals surface area contributed by atoms with E-state index in [-0.39, 0.29) is 5.43 Å². The second-order valence-electron chi connectivity index (χ2n) is 3.78. The van der Waals surface area contributed by atoms with E-state index in [4.69, 9.17) is 0 Å². The van der Waals surface area contributed by atoms with E-state index < -0.39 is 0 Å². The third-order valence-electron chi connectivity index (χ3n) is 2.73. The minimum atomic E-state index is 0.000260. The van der Waals surface area contributed by atoms with Crippen LogP contribution in [0.1, 0.15) is 0 Å². The van der Waals surface area contributed by atoms with Crippen molar-refractivity contribution in [3.05, 3.63) is 71.3 Å². The van der Waals surface area contributed by atoms with Crippen LogP contribution in [0.25, 0.3) is 16.6 Å². The lowest BCUT2D eigenvalue weighted by Gasteiger charge is -2.09. The van der Waals surface area contributed by atoms with Gasteiger partial charge in [-0.1, -0.05) is 18.2 Å². The predicted octanol–water partition coefficient (Wildman–Crippen LogP) is 2.39. The first-order valence-corrected chi connectivity index (χ1v) is 5.37. The lowest BCUT2D eigenvalue weighted by Crippen LogP contribution is -2.06. The summed E-state index contributed by atoms with van der Waals surface area (Å²) >= 11 is 0. The van der Waals surface area contributed by atoms with Crippen molar-refractivity contribution in [2.24, 2.45) is 0 Å². The lowest BCUT2D eigenvalue weighted by molar-refractivity contribution is 1.09. The minimum absolute atomic E-state index is 0.000260. The Bertz CT molecular complexity index is 717. The molecule has 0 N–H and O–H groups in total. The van der Waals surface area contributed by atoms with Gasteiger partial charge in [-0.05, 0) is 18.2 Å². The Morgan fingerprint density at radius 2 is 1.82 bits per heavy atom. The van der Waals surface area contributed by atoms with Gasteiger partial charge in [-0.3, -0.25) is 9.78 Å². The van der Waals surface area contributed by atoms with E-state index >= 15 is 0 Å². The maximum Gasteiger partial charge on any atom is 0.190 e. The molecule has 2 aromatic heterocycles. The highest BCUT2D eigenvalue weighted by Crippen LogP contribution is 2.14. The highest BCUT2D eigenvalue weighted by Gasteiger charge is 2.03. The number of benzene rings is 1. The molecule has 2 heterocycles. The number of hydrogen-bond donors (Lipinski definition) is 0. The predicted molar refractivity (Wildman–Crippen MR) is 67.3 cm³/mol. The molecule has 0 fully saturated rings. The zero-order valence-electron chi connectivity index (χ0n) is 9.08. The number of nitrogens with zero attached hydrogens (tertiary/aromatic N) is 2. The van der Waals surface area contributed by atoms with Crippen molar-refractivity contribution in [2.75, 3.05) is 0 Å². The van der Waals surface area contributed by atoms with E-state index in [1.54, 1.807) is 24.7 Å². The van der Waals surface area contributed by atoms with Crippen molar-refractivity contribution < 1.29 is 0 Å². The van der Waals surface area contributed by atoms with Crippen molar-refractivity contribution in [2.45, 2.75) is 0 Å². The molecule has 0 amide bonds. The Morgan fingerprint density at radius 3 is 2.65 bits per heavy atom. The molecule has 0 spiro atoms. The number of hydrogen-bond acceptors (Lipinski definition) is 2. The molecule has 0 radical (unpaired) electrons. The van der Waals surface area contributed by atoms with Crippen LogP contribution in [0.5, 0.6) is 0 Å². The first-order chi connectivity index (χ1) is 8.36. The molecular weight excluding hydrogens is 212 g/mol. The van der Waals surface area contributed by atoms with Gasteiger partial charge in [0.15, 0.2) is 5.43 Å².